The Labute approximate surface area is 161 Å². The first-order valence-corrected chi connectivity index (χ1v) is 8.88. The molecule has 1 N–H and O–H groups in total. The molecule has 7 nitrogen and oxygen atoms in total. The van der Waals surface area contributed by atoms with Crippen LogP contribution in [0, 0.1) is 0 Å². The molecular weight excluding hydrogens is 356 g/mol. The van der Waals surface area contributed by atoms with Crippen molar-refractivity contribution < 1.29 is 14.1 Å². The molecule has 0 fully saturated rings. The lowest BCUT2D eigenvalue weighted by atomic mass is 10.2. The number of hydrogen-bond donors (Lipinski definition) is 1. The summed E-state index contributed by atoms with van der Waals surface area (Å²) in [5, 5.41) is 7.63. The van der Waals surface area contributed by atoms with E-state index in [1.54, 1.807) is 24.7 Å². The quantitative estimate of drug-likeness (QED) is 0.534. The van der Waals surface area contributed by atoms with E-state index in [2.05, 4.69) is 20.4 Å². The summed E-state index contributed by atoms with van der Waals surface area (Å²) in [7, 11) is 0. The van der Waals surface area contributed by atoms with E-state index in [1.165, 1.54) is 0 Å². The first-order valence-electron chi connectivity index (χ1n) is 8.88. The van der Waals surface area contributed by atoms with Gasteiger partial charge in [-0.25, -0.2) is 0 Å². The van der Waals surface area contributed by atoms with E-state index in [0.29, 0.717) is 18.1 Å². The summed E-state index contributed by atoms with van der Waals surface area (Å²) in [6.07, 6.45) is 5.93. The maximum atomic E-state index is 12.2. The number of carbonyl (C=O) groups is 1. The van der Waals surface area contributed by atoms with Gasteiger partial charge < -0.3 is 14.6 Å². The molecule has 0 aliphatic heterocycles. The van der Waals surface area contributed by atoms with Crippen LogP contribution in [-0.2, 0) is 13.0 Å². The van der Waals surface area contributed by atoms with Crippen LogP contribution in [0.5, 0.6) is 5.75 Å². The first-order chi connectivity index (χ1) is 13.8. The minimum Gasteiger partial charge on any atom is -0.486 e. The normalized spacial score (nSPS) is 10.7. The number of hydrogen-bond acceptors (Lipinski definition) is 6. The summed E-state index contributed by atoms with van der Waals surface area (Å²) in [5.74, 6) is 0.895. The van der Waals surface area contributed by atoms with Crippen LogP contribution < -0.4 is 10.1 Å². The Kier molecular flexibility index (Phi) is 5.24. The van der Waals surface area contributed by atoms with Crippen molar-refractivity contribution in [2.75, 3.05) is 6.54 Å². The molecule has 3 aromatic heterocycles. The Hall–Kier alpha value is -3.74. The van der Waals surface area contributed by atoms with Crippen molar-refractivity contribution in [1.82, 2.24) is 20.4 Å². The first kappa shape index (κ1) is 17.7. The van der Waals surface area contributed by atoms with Gasteiger partial charge in [-0.15, -0.1) is 0 Å². The van der Waals surface area contributed by atoms with Gasteiger partial charge in [0.1, 0.15) is 12.4 Å². The Morgan fingerprint density at radius 3 is 2.86 bits per heavy atom. The van der Waals surface area contributed by atoms with E-state index < -0.39 is 0 Å². The van der Waals surface area contributed by atoms with E-state index in [9.17, 15) is 4.79 Å². The molecule has 3 heterocycles. The monoisotopic (exact) mass is 374 g/mol. The summed E-state index contributed by atoms with van der Waals surface area (Å²) in [5.41, 5.74) is 2.24. The van der Waals surface area contributed by atoms with Crippen LogP contribution in [0.4, 0.5) is 0 Å². The Morgan fingerprint density at radius 1 is 1.07 bits per heavy atom. The number of amides is 1. The predicted molar refractivity (Wildman–Crippen MR) is 103 cm³/mol. The number of ether oxygens (including phenoxy) is 1. The third-order valence-corrected chi connectivity index (χ3v) is 4.20. The van der Waals surface area contributed by atoms with Crippen LogP contribution in [0.3, 0.4) is 0 Å². The van der Waals surface area contributed by atoms with Crippen molar-refractivity contribution in [2.45, 2.75) is 13.0 Å². The number of carbonyl (C=O) groups excluding carboxylic acids is 1. The van der Waals surface area contributed by atoms with Crippen LogP contribution in [0.25, 0.3) is 10.9 Å². The van der Waals surface area contributed by atoms with Gasteiger partial charge in [0.25, 0.3) is 5.91 Å². The second-order valence-electron chi connectivity index (χ2n) is 6.19. The molecule has 0 unspecified atom stereocenters. The minimum absolute atomic E-state index is 0.184. The van der Waals surface area contributed by atoms with Crippen molar-refractivity contribution in [1.29, 1.82) is 0 Å². The highest BCUT2D eigenvalue weighted by molar-refractivity contribution is 5.92. The smallest absolute Gasteiger partial charge is 0.273 e. The van der Waals surface area contributed by atoms with Crippen molar-refractivity contribution >= 4 is 16.8 Å². The molecule has 140 valence electrons. The van der Waals surface area contributed by atoms with Gasteiger partial charge in [-0.2, -0.15) is 0 Å². The predicted octanol–water partition coefficient (Wildman–Crippen LogP) is 3.17. The summed E-state index contributed by atoms with van der Waals surface area (Å²) in [4.78, 5) is 20.4. The lowest BCUT2D eigenvalue weighted by Crippen LogP contribution is -2.25. The third-order valence-electron chi connectivity index (χ3n) is 4.20. The van der Waals surface area contributed by atoms with Crippen molar-refractivity contribution in [3.8, 4) is 5.75 Å². The number of aromatic nitrogens is 3. The van der Waals surface area contributed by atoms with Crippen LogP contribution in [-0.4, -0.2) is 27.6 Å². The zero-order valence-electron chi connectivity index (χ0n) is 15.0. The van der Waals surface area contributed by atoms with Crippen LogP contribution in [0.15, 0.2) is 71.6 Å². The molecule has 1 amide bonds. The van der Waals surface area contributed by atoms with E-state index in [-0.39, 0.29) is 18.2 Å². The van der Waals surface area contributed by atoms with Crippen molar-refractivity contribution in [2.24, 2.45) is 0 Å². The number of rotatable bonds is 7. The highest BCUT2D eigenvalue weighted by atomic mass is 16.5. The molecule has 0 spiro atoms. The third kappa shape index (κ3) is 4.32. The highest BCUT2D eigenvalue weighted by Crippen LogP contribution is 2.20. The molecule has 1 aromatic carbocycles. The average Bonchev–Trinajstić information content (AvgIpc) is 3.22. The molecule has 4 rings (SSSR count). The summed E-state index contributed by atoms with van der Waals surface area (Å²) < 4.78 is 10.9. The van der Waals surface area contributed by atoms with Gasteiger partial charge in [0, 0.05) is 36.6 Å². The van der Waals surface area contributed by atoms with E-state index in [0.717, 1.165) is 22.9 Å². The fraction of sp³-hybridized carbons (Fsp3) is 0.143. The molecule has 0 saturated heterocycles. The number of fused-ring (bicyclic) bond motifs is 1. The molecule has 0 saturated carbocycles. The summed E-state index contributed by atoms with van der Waals surface area (Å²) in [6, 6.07) is 14.9. The zero-order chi connectivity index (χ0) is 19.2. The molecule has 7 heteroatoms. The molecule has 0 atom stereocenters. The largest absolute Gasteiger partial charge is 0.486 e. The molecule has 4 aromatic rings. The van der Waals surface area contributed by atoms with Gasteiger partial charge in [0.2, 0.25) is 0 Å². The summed E-state index contributed by atoms with van der Waals surface area (Å²) >= 11 is 0. The van der Waals surface area contributed by atoms with Crippen LogP contribution in [0.1, 0.15) is 21.8 Å². The van der Waals surface area contributed by atoms with Gasteiger partial charge in [-0.1, -0.05) is 11.2 Å². The zero-order valence-corrected chi connectivity index (χ0v) is 15.0. The fourth-order valence-electron chi connectivity index (χ4n) is 2.75. The van der Waals surface area contributed by atoms with Crippen molar-refractivity contribution in [3.63, 3.8) is 0 Å². The van der Waals surface area contributed by atoms with Gasteiger partial charge in [-0.3, -0.25) is 14.8 Å². The lowest BCUT2D eigenvalue weighted by Gasteiger charge is -2.04. The molecule has 28 heavy (non-hydrogen) atoms. The summed E-state index contributed by atoms with van der Waals surface area (Å²) in [6.45, 7) is 0.690. The topological polar surface area (TPSA) is 90.1 Å². The molecule has 0 aliphatic rings. The van der Waals surface area contributed by atoms with Gasteiger partial charge in [0.15, 0.2) is 11.5 Å². The number of nitrogens with one attached hydrogen (secondary N) is 1. The number of pyridine rings is 2. The average molecular weight is 374 g/mol. The highest BCUT2D eigenvalue weighted by Gasteiger charge is 2.12. The molecular formula is C21H18N4O3. The van der Waals surface area contributed by atoms with Gasteiger partial charge in [0.05, 0.1) is 5.52 Å². The van der Waals surface area contributed by atoms with Gasteiger partial charge in [-0.05, 0) is 48.4 Å². The minimum atomic E-state index is -0.277. The molecule has 0 aliphatic carbocycles. The van der Waals surface area contributed by atoms with Crippen LogP contribution >= 0.6 is 0 Å². The second kappa shape index (κ2) is 8.30. The van der Waals surface area contributed by atoms with E-state index >= 15 is 0 Å². The van der Waals surface area contributed by atoms with Crippen molar-refractivity contribution in [3.05, 3.63) is 84.1 Å². The molecule has 0 bridgehead atoms. The lowest BCUT2D eigenvalue weighted by molar-refractivity contribution is 0.0944. The van der Waals surface area contributed by atoms with E-state index in [4.69, 9.17) is 9.26 Å². The van der Waals surface area contributed by atoms with Gasteiger partial charge >= 0.3 is 0 Å². The Bertz CT molecular complexity index is 1080. The maximum absolute atomic E-state index is 12.2. The Morgan fingerprint density at radius 2 is 1.96 bits per heavy atom. The second-order valence-corrected chi connectivity index (χ2v) is 6.19. The molecule has 0 radical (unpaired) electrons. The SMILES string of the molecule is O=C(NCCc1ccncc1)c1cc(COc2ccc3ncccc3c2)on1. The maximum Gasteiger partial charge on any atom is 0.273 e. The fourth-order valence-corrected chi connectivity index (χ4v) is 2.75. The van der Waals surface area contributed by atoms with Crippen LogP contribution in [0.2, 0.25) is 0 Å². The Balaban J connectivity index is 1.30. The van der Waals surface area contributed by atoms with E-state index in [1.807, 2.05) is 42.5 Å². The number of nitrogens with zero attached hydrogens (tertiary/aromatic N) is 3. The number of benzene rings is 1. The standard InChI is InChI=1S/C21H18N4O3/c26-21(24-11-7-15-5-9-22-10-6-15)20-13-18(28-25-20)14-27-17-3-4-19-16(12-17)2-1-8-23-19/h1-6,8-10,12-13H,7,11,14H2,(H,24,26).